The summed E-state index contributed by atoms with van der Waals surface area (Å²) >= 11 is 3.01. The Balaban J connectivity index is 3.04. The van der Waals surface area contributed by atoms with Crippen molar-refractivity contribution in [3.05, 3.63) is 28.2 Å². The van der Waals surface area contributed by atoms with Crippen LogP contribution >= 0.6 is 15.9 Å². The lowest BCUT2D eigenvalue weighted by Gasteiger charge is -2.10. The summed E-state index contributed by atoms with van der Waals surface area (Å²) < 4.78 is 40.6. The lowest BCUT2D eigenvalue weighted by Crippen LogP contribution is -2.17. The smallest absolute Gasteiger partial charge is 0.405 e. The maximum atomic E-state index is 12.2. The molecule has 0 fully saturated rings. The molecule has 0 N–H and O–H groups in total. The van der Waals surface area contributed by atoms with Crippen LogP contribution < -0.4 is 4.74 Å². The molecule has 0 spiro atoms. The van der Waals surface area contributed by atoms with Gasteiger partial charge in [0.2, 0.25) is 0 Å². The standard InChI is InChI=1S/C12H12BrF3OSi/c1-18(2,3)7-6-9-4-5-10(13)11(8-9)17-12(14,15)16/h4-5,8H,1-3H3. The normalized spacial score (nSPS) is 11.7. The van der Waals surface area contributed by atoms with Gasteiger partial charge in [-0.25, -0.2) is 0 Å². The van der Waals surface area contributed by atoms with Crippen molar-refractivity contribution in [1.82, 2.24) is 0 Å². The van der Waals surface area contributed by atoms with Crippen molar-refractivity contribution in [3.8, 4) is 17.2 Å². The molecule has 1 aromatic carbocycles. The van der Waals surface area contributed by atoms with E-state index in [9.17, 15) is 13.2 Å². The zero-order valence-corrected chi connectivity index (χ0v) is 12.7. The van der Waals surface area contributed by atoms with E-state index in [1.807, 2.05) is 0 Å². The molecule has 0 radical (unpaired) electrons. The predicted octanol–water partition coefficient (Wildman–Crippen LogP) is 4.58. The van der Waals surface area contributed by atoms with Crippen LogP contribution in [0.4, 0.5) is 13.2 Å². The molecule has 0 amide bonds. The summed E-state index contributed by atoms with van der Waals surface area (Å²) in [6.45, 7) is 6.18. The van der Waals surface area contributed by atoms with Crippen LogP contribution in [-0.4, -0.2) is 14.4 Å². The van der Waals surface area contributed by atoms with Crippen LogP contribution in [0.3, 0.4) is 0 Å². The van der Waals surface area contributed by atoms with Gasteiger partial charge in [0.15, 0.2) is 0 Å². The van der Waals surface area contributed by atoms with Crippen LogP contribution in [0.1, 0.15) is 5.56 Å². The zero-order valence-electron chi connectivity index (χ0n) is 10.2. The van der Waals surface area contributed by atoms with Crippen LogP contribution in [-0.2, 0) is 0 Å². The number of halogens is 4. The highest BCUT2D eigenvalue weighted by Gasteiger charge is 2.32. The van der Waals surface area contributed by atoms with Crippen molar-refractivity contribution in [2.24, 2.45) is 0 Å². The van der Waals surface area contributed by atoms with Gasteiger partial charge in [-0.3, -0.25) is 0 Å². The highest BCUT2D eigenvalue weighted by molar-refractivity contribution is 9.10. The molecule has 0 bridgehead atoms. The highest BCUT2D eigenvalue weighted by Crippen LogP contribution is 2.31. The Morgan fingerprint density at radius 3 is 2.33 bits per heavy atom. The molecule has 0 heterocycles. The molecule has 0 saturated carbocycles. The van der Waals surface area contributed by atoms with Gasteiger partial charge in [0.05, 0.1) is 4.47 Å². The first-order valence-corrected chi connectivity index (χ1v) is 9.45. The molecule has 18 heavy (non-hydrogen) atoms. The number of rotatable bonds is 1. The average Bonchev–Trinajstić information content (AvgIpc) is 2.16. The first kappa shape index (κ1) is 15.1. The van der Waals surface area contributed by atoms with Gasteiger partial charge in [0.25, 0.3) is 0 Å². The zero-order chi connectivity index (χ0) is 14.0. The fraction of sp³-hybridized carbons (Fsp3) is 0.333. The molecule has 0 unspecified atom stereocenters. The maximum Gasteiger partial charge on any atom is 0.573 e. The average molecular weight is 337 g/mol. The van der Waals surface area contributed by atoms with Crippen LogP contribution in [0.2, 0.25) is 19.6 Å². The molecule has 98 valence electrons. The van der Waals surface area contributed by atoms with Gasteiger partial charge in [-0.15, -0.1) is 18.7 Å². The van der Waals surface area contributed by atoms with Gasteiger partial charge in [0, 0.05) is 5.56 Å². The molecule has 0 aromatic heterocycles. The van der Waals surface area contributed by atoms with E-state index in [2.05, 4.69) is 51.8 Å². The second kappa shape index (κ2) is 5.37. The Labute approximate surface area is 113 Å². The Hall–Kier alpha value is -0.933. The summed E-state index contributed by atoms with van der Waals surface area (Å²) in [4.78, 5) is 0. The number of benzene rings is 1. The van der Waals surface area contributed by atoms with Crippen molar-refractivity contribution in [2.75, 3.05) is 0 Å². The van der Waals surface area contributed by atoms with Crippen molar-refractivity contribution in [3.63, 3.8) is 0 Å². The minimum atomic E-state index is -4.70. The number of hydrogen-bond acceptors (Lipinski definition) is 1. The van der Waals surface area contributed by atoms with E-state index in [4.69, 9.17) is 0 Å². The third-order valence-corrected chi connectivity index (χ3v) is 3.27. The largest absolute Gasteiger partial charge is 0.573 e. The Kier molecular flexibility index (Phi) is 4.51. The molecule has 0 aliphatic carbocycles. The van der Waals surface area contributed by atoms with E-state index in [0.717, 1.165) is 0 Å². The van der Waals surface area contributed by atoms with Crippen molar-refractivity contribution in [2.45, 2.75) is 26.0 Å². The van der Waals surface area contributed by atoms with Crippen LogP contribution in [0.25, 0.3) is 0 Å². The minimum Gasteiger partial charge on any atom is -0.405 e. The van der Waals surface area contributed by atoms with Crippen LogP contribution in [0.5, 0.6) is 5.75 Å². The van der Waals surface area contributed by atoms with Gasteiger partial charge in [-0.1, -0.05) is 25.6 Å². The van der Waals surface area contributed by atoms with Gasteiger partial charge >= 0.3 is 6.36 Å². The van der Waals surface area contributed by atoms with E-state index in [1.54, 1.807) is 6.07 Å². The third kappa shape index (κ3) is 5.60. The summed E-state index contributed by atoms with van der Waals surface area (Å²) in [7, 11) is -1.55. The Bertz CT molecular complexity index is 495. The molecule has 1 nitrogen and oxygen atoms in total. The van der Waals surface area contributed by atoms with Gasteiger partial charge in [-0.05, 0) is 34.1 Å². The SMILES string of the molecule is C[Si](C)(C)C#Cc1ccc(Br)c(OC(F)(F)F)c1. The molecular weight excluding hydrogens is 325 g/mol. The quantitative estimate of drug-likeness (QED) is 0.539. The lowest BCUT2D eigenvalue weighted by atomic mass is 10.2. The summed E-state index contributed by atoms with van der Waals surface area (Å²) in [5.74, 6) is 2.61. The molecule has 0 aliphatic heterocycles. The molecule has 0 atom stereocenters. The van der Waals surface area contributed by atoms with Gasteiger partial charge in [-0.2, -0.15) is 0 Å². The molecule has 1 rings (SSSR count). The van der Waals surface area contributed by atoms with Crippen molar-refractivity contribution >= 4 is 24.0 Å². The fourth-order valence-corrected chi connectivity index (χ4v) is 1.89. The highest BCUT2D eigenvalue weighted by atomic mass is 79.9. The second-order valence-electron chi connectivity index (χ2n) is 4.69. The van der Waals surface area contributed by atoms with E-state index >= 15 is 0 Å². The van der Waals surface area contributed by atoms with Crippen LogP contribution in [0, 0.1) is 11.5 Å². The van der Waals surface area contributed by atoms with Crippen LogP contribution in [0.15, 0.2) is 22.7 Å². The number of hydrogen-bond donors (Lipinski definition) is 0. The summed E-state index contributed by atoms with van der Waals surface area (Å²) in [5.41, 5.74) is 3.60. The van der Waals surface area contributed by atoms with Gasteiger partial charge < -0.3 is 4.74 Å². The minimum absolute atomic E-state index is 0.248. The monoisotopic (exact) mass is 336 g/mol. The number of ether oxygens (including phenoxy) is 1. The second-order valence-corrected chi connectivity index (χ2v) is 10.3. The molecule has 1 aromatic rings. The summed E-state index contributed by atoms with van der Waals surface area (Å²) in [5, 5.41) is 0. The van der Waals surface area contributed by atoms with Crippen molar-refractivity contribution < 1.29 is 17.9 Å². The molecule has 0 aliphatic rings. The predicted molar refractivity (Wildman–Crippen MR) is 71.0 cm³/mol. The molecule has 0 saturated heterocycles. The maximum absolute atomic E-state index is 12.2. The molecule has 6 heteroatoms. The third-order valence-electron chi connectivity index (χ3n) is 1.74. The fourth-order valence-electron chi connectivity index (χ4n) is 1.04. The number of alkyl halides is 3. The van der Waals surface area contributed by atoms with E-state index in [-0.39, 0.29) is 10.2 Å². The van der Waals surface area contributed by atoms with Crippen molar-refractivity contribution in [1.29, 1.82) is 0 Å². The topological polar surface area (TPSA) is 9.23 Å². The van der Waals surface area contributed by atoms with E-state index in [0.29, 0.717) is 5.56 Å². The Morgan fingerprint density at radius 2 is 1.83 bits per heavy atom. The van der Waals surface area contributed by atoms with E-state index in [1.165, 1.54) is 12.1 Å². The lowest BCUT2D eigenvalue weighted by molar-refractivity contribution is -0.274. The van der Waals surface area contributed by atoms with E-state index < -0.39 is 14.4 Å². The van der Waals surface area contributed by atoms with Gasteiger partial charge in [0.1, 0.15) is 13.8 Å². The molecular formula is C12H12BrF3OSi. The summed E-state index contributed by atoms with van der Waals surface area (Å²) in [6.07, 6.45) is -4.70. The summed E-state index contributed by atoms with van der Waals surface area (Å²) in [6, 6.07) is 4.43. The first-order chi connectivity index (χ1) is 8.07. The Morgan fingerprint density at radius 1 is 1.22 bits per heavy atom. The first-order valence-electron chi connectivity index (χ1n) is 5.15.